The van der Waals surface area contributed by atoms with E-state index in [0.717, 1.165) is 29.0 Å². The molecule has 3 atom stereocenters. The minimum absolute atomic E-state index is 0.0207. The van der Waals surface area contributed by atoms with Crippen LogP contribution in [0.3, 0.4) is 0 Å². The van der Waals surface area contributed by atoms with Gasteiger partial charge in [0.25, 0.3) is 0 Å². The fourth-order valence-electron chi connectivity index (χ4n) is 4.62. The summed E-state index contributed by atoms with van der Waals surface area (Å²) < 4.78 is 18.3. The lowest BCUT2D eigenvalue weighted by atomic mass is 9.80. The molecule has 1 aliphatic carbocycles. The smallest absolute Gasteiger partial charge is 0.161 e. The van der Waals surface area contributed by atoms with E-state index in [9.17, 15) is 0 Å². The van der Waals surface area contributed by atoms with Gasteiger partial charge in [-0.3, -0.25) is 0 Å². The number of rotatable bonds is 5. The number of hydrogen-bond acceptors (Lipinski definition) is 4. The standard InChI is InChI=1S/C25H26O3S/c1-26-23-15-18(11-12-22(23)27-16-17-7-3-2-4-8-17)24-20-13-14-29-25(20)19-9-5-6-10-21(19)28-24/h2-4,7-8,11-15,19,21,24H,5-6,9-10,16H2,1H3/t19-,21-,24+/m0/s1. The van der Waals surface area contributed by atoms with E-state index in [-0.39, 0.29) is 6.10 Å². The van der Waals surface area contributed by atoms with E-state index in [1.54, 1.807) is 7.11 Å². The first kappa shape index (κ1) is 18.7. The van der Waals surface area contributed by atoms with Crippen LogP contribution in [0.2, 0.25) is 0 Å². The van der Waals surface area contributed by atoms with Gasteiger partial charge in [0, 0.05) is 10.8 Å². The molecule has 0 saturated heterocycles. The molecule has 0 bridgehead atoms. The Hall–Kier alpha value is -2.30. The molecule has 5 rings (SSSR count). The van der Waals surface area contributed by atoms with Gasteiger partial charge in [-0.25, -0.2) is 0 Å². The summed E-state index contributed by atoms with van der Waals surface area (Å²) >= 11 is 1.89. The summed E-state index contributed by atoms with van der Waals surface area (Å²) in [5, 5.41) is 2.21. The Kier molecular flexibility index (Phi) is 5.30. The molecule has 0 spiro atoms. The molecule has 1 fully saturated rings. The van der Waals surface area contributed by atoms with Crippen molar-refractivity contribution in [3.63, 3.8) is 0 Å². The number of methoxy groups -OCH3 is 1. The average Bonchev–Trinajstić information content (AvgIpc) is 3.28. The second kappa shape index (κ2) is 8.21. The molecule has 2 aliphatic rings. The molecule has 3 aromatic rings. The number of fused-ring (bicyclic) bond motifs is 3. The van der Waals surface area contributed by atoms with E-state index in [1.807, 2.05) is 35.6 Å². The monoisotopic (exact) mass is 406 g/mol. The zero-order chi connectivity index (χ0) is 19.6. The van der Waals surface area contributed by atoms with Crippen LogP contribution < -0.4 is 9.47 Å². The van der Waals surface area contributed by atoms with Gasteiger partial charge in [0.1, 0.15) is 12.7 Å². The Morgan fingerprint density at radius 1 is 1.00 bits per heavy atom. The van der Waals surface area contributed by atoms with Crippen molar-refractivity contribution in [2.24, 2.45) is 0 Å². The average molecular weight is 407 g/mol. The lowest BCUT2D eigenvalue weighted by Crippen LogP contribution is -2.32. The van der Waals surface area contributed by atoms with Gasteiger partial charge in [0.05, 0.1) is 13.2 Å². The molecule has 2 aromatic carbocycles. The SMILES string of the molecule is COc1cc([C@H]2O[C@H]3CCCC[C@@H]3c3sccc32)ccc1OCc1ccccc1. The lowest BCUT2D eigenvalue weighted by Gasteiger charge is -2.39. The predicted octanol–water partition coefficient (Wildman–Crippen LogP) is 6.48. The zero-order valence-electron chi connectivity index (χ0n) is 16.7. The van der Waals surface area contributed by atoms with Crippen molar-refractivity contribution in [1.29, 1.82) is 0 Å². The van der Waals surface area contributed by atoms with E-state index in [1.165, 1.54) is 29.7 Å². The van der Waals surface area contributed by atoms with Crippen molar-refractivity contribution < 1.29 is 14.2 Å². The number of benzene rings is 2. The summed E-state index contributed by atoms with van der Waals surface area (Å²) in [6, 6.07) is 18.6. The molecular formula is C25H26O3S. The molecule has 150 valence electrons. The lowest BCUT2D eigenvalue weighted by molar-refractivity contribution is -0.0374. The highest BCUT2D eigenvalue weighted by Gasteiger charge is 2.38. The molecule has 0 radical (unpaired) electrons. The normalized spacial score (nSPS) is 23.1. The molecule has 29 heavy (non-hydrogen) atoms. The summed E-state index contributed by atoms with van der Waals surface area (Å²) in [5.41, 5.74) is 3.61. The van der Waals surface area contributed by atoms with Crippen LogP contribution >= 0.6 is 11.3 Å². The van der Waals surface area contributed by atoms with Crippen LogP contribution in [-0.4, -0.2) is 13.2 Å². The van der Waals surface area contributed by atoms with Crippen LogP contribution in [0, 0.1) is 0 Å². The van der Waals surface area contributed by atoms with E-state index in [0.29, 0.717) is 18.6 Å². The van der Waals surface area contributed by atoms with Crippen molar-refractivity contribution in [3.8, 4) is 11.5 Å². The van der Waals surface area contributed by atoms with Crippen LogP contribution in [-0.2, 0) is 11.3 Å². The Bertz CT molecular complexity index is 965. The summed E-state index contributed by atoms with van der Waals surface area (Å²) in [6.07, 6.45) is 5.31. The molecule has 1 aromatic heterocycles. The Labute approximate surface area is 176 Å². The summed E-state index contributed by atoms with van der Waals surface area (Å²) in [4.78, 5) is 1.52. The summed E-state index contributed by atoms with van der Waals surface area (Å²) in [5.74, 6) is 2.09. The molecule has 4 heteroatoms. The van der Waals surface area contributed by atoms with Gasteiger partial charge < -0.3 is 14.2 Å². The van der Waals surface area contributed by atoms with Crippen LogP contribution in [0.1, 0.15) is 59.3 Å². The minimum atomic E-state index is -0.0207. The summed E-state index contributed by atoms with van der Waals surface area (Å²) in [6.45, 7) is 0.523. The molecule has 1 saturated carbocycles. The van der Waals surface area contributed by atoms with E-state index in [4.69, 9.17) is 14.2 Å². The van der Waals surface area contributed by atoms with Gasteiger partial charge in [-0.1, -0.05) is 49.2 Å². The molecule has 3 nitrogen and oxygen atoms in total. The highest BCUT2D eigenvalue weighted by molar-refractivity contribution is 7.10. The van der Waals surface area contributed by atoms with Crippen LogP contribution in [0.15, 0.2) is 60.0 Å². The largest absolute Gasteiger partial charge is 0.493 e. The third-order valence-corrected chi connectivity index (χ3v) is 7.15. The minimum Gasteiger partial charge on any atom is -0.493 e. The van der Waals surface area contributed by atoms with Crippen molar-refractivity contribution >= 4 is 11.3 Å². The topological polar surface area (TPSA) is 27.7 Å². The third-order valence-electron chi connectivity index (χ3n) is 6.09. The third kappa shape index (κ3) is 3.67. The maximum absolute atomic E-state index is 6.64. The number of hydrogen-bond donors (Lipinski definition) is 0. The van der Waals surface area contributed by atoms with Gasteiger partial charge in [-0.15, -0.1) is 11.3 Å². The zero-order valence-corrected chi connectivity index (χ0v) is 17.5. The molecule has 0 unspecified atom stereocenters. The molecule has 0 N–H and O–H groups in total. The maximum Gasteiger partial charge on any atom is 0.161 e. The van der Waals surface area contributed by atoms with Crippen molar-refractivity contribution in [2.75, 3.05) is 7.11 Å². The first-order chi connectivity index (χ1) is 14.3. The fourth-order valence-corrected chi connectivity index (χ4v) is 5.73. The van der Waals surface area contributed by atoms with Crippen LogP contribution in [0.25, 0.3) is 0 Å². The highest BCUT2D eigenvalue weighted by Crippen LogP contribution is 2.49. The predicted molar refractivity (Wildman–Crippen MR) is 116 cm³/mol. The number of ether oxygens (including phenoxy) is 3. The van der Waals surface area contributed by atoms with Crippen molar-refractivity contribution in [2.45, 2.75) is 50.4 Å². The molecule has 0 amide bonds. The van der Waals surface area contributed by atoms with E-state index < -0.39 is 0 Å². The second-order valence-electron chi connectivity index (χ2n) is 7.87. The highest BCUT2D eigenvalue weighted by atomic mass is 32.1. The van der Waals surface area contributed by atoms with Gasteiger partial charge >= 0.3 is 0 Å². The first-order valence-corrected chi connectivity index (χ1v) is 11.3. The Morgan fingerprint density at radius 3 is 2.72 bits per heavy atom. The van der Waals surface area contributed by atoms with Gasteiger partial charge in [0.2, 0.25) is 0 Å². The fraction of sp³-hybridized carbons (Fsp3) is 0.360. The molecule has 2 heterocycles. The van der Waals surface area contributed by atoms with Gasteiger partial charge in [0.15, 0.2) is 11.5 Å². The van der Waals surface area contributed by atoms with Crippen molar-refractivity contribution in [3.05, 3.63) is 81.5 Å². The van der Waals surface area contributed by atoms with E-state index in [2.05, 4.69) is 35.7 Å². The Balaban J connectivity index is 1.41. The first-order valence-electron chi connectivity index (χ1n) is 10.4. The van der Waals surface area contributed by atoms with E-state index >= 15 is 0 Å². The Morgan fingerprint density at radius 2 is 1.86 bits per heavy atom. The number of thiophene rings is 1. The van der Waals surface area contributed by atoms with Crippen LogP contribution in [0.4, 0.5) is 0 Å². The summed E-state index contributed by atoms with van der Waals surface area (Å²) in [7, 11) is 1.70. The van der Waals surface area contributed by atoms with Gasteiger partial charge in [-0.2, -0.15) is 0 Å². The molecule has 1 aliphatic heterocycles. The quantitative estimate of drug-likeness (QED) is 0.485. The maximum atomic E-state index is 6.64. The van der Waals surface area contributed by atoms with Crippen LogP contribution in [0.5, 0.6) is 11.5 Å². The van der Waals surface area contributed by atoms with Gasteiger partial charge in [-0.05, 0) is 53.1 Å². The second-order valence-corrected chi connectivity index (χ2v) is 8.82. The molecular weight excluding hydrogens is 380 g/mol. The van der Waals surface area contributed by atoms with Crippen molar-refractivity contribution in [1.82, 2.24) is 0 Å².